The molecule has 3 aromatic rings. The number of pyridine rings is 1. The Bertz CT molecular complexity index is 863. The Kier molecular flexibility index (Phi) is 4.66. The van der Waals surface area contributed by atoms with Gasteiger partial charge >= 0.3 is 0 Å². The smallest absolute Gasteiger partial charge is 0.184 e. The van der Waals surface area contributed by atoms with E-state index in [9.17, 15) is 0 Å². The monoisotopic (exact) mass is 326 g/mol. The van der Waals surface area contributed by atoms with Crippen molar-refractivity contribution in [1.29, 1.82) is 0 Å². The largest absolute Gasteiger partial charge is 0.369 e. The topological polar surface area (TPSA) is 58.3 Å². The summed E-state index contributed by atoms with van der Waals surface area (Å²) in [4.78, 5) is 11.7. The minimum Gasteiger partial charge on any atom is -0.369 e. The first-order chi connectivity index (χ1) is 11.5. The van der Waals surface area contributed by atoms with Crippen molar-refractivity contribution >= 4 is 22.5 Å². The van der Waals surface area contributed by atoms with E-state index in [0.717, 1.165) is 60.1 Å². The van der Waals surface area contributed by atoms with Crippen LogP contribution in [0.15, 0.2) is 12.1 Å². The molecule has 6 heteroatoms. The summed E-state index contributed by atoms with van der Waals surface area (Å²) in [5.41, 5.74) is 4.77. The summed E-state index contributed by atoms with van der Waals surface area (Å²) in [6.45, 7) is 14.5. The normalized spacial score (nSPS) is 11.8. The molecule has 3 rings (SSSR count). The second-order valence-corrected chi connectivity index (χ2v) is 6.25. The molecular formula is C18H26N6. The molecule has 0 saturated heterocycles. The molecule has 128 valence electrons. The van der Waals surface area contributed by atoms with Crippen molar-refractivity contribution in [3.63, 3.8) is 0 Å². The van der Waals surface area contributed by atoms with Crippen LogP contribution >= 0.6 is 0 Å². The van der Waals surface area contributed by atoms with Gasteiger partial charge in [-0.2, -0.15) is 4.52 Å². The molecule has 0 aliphatic heterocycles. The molecular weight excluding hydrogens is 300 g/mol. The van der Waals surface area contributed by atoms with E-state index in [0.29, 0.717) is 0 Å². The number of likely N-dealkylation sites (N-methyl/N-ethyl adjacent to an activating group) is 1. The van der Waals surface area contributed by atoms with Gasteiger partial charge in [0.25, 0.3) is 0 Å². The lowest BCUT2D eigenvalue weighted by molar-refractivity contribution is 0.316. The summed E-state index contributed by atoms with van der Waals surface area (Å²) in [5.74, 6) is 0.972. The molecule has 0 saturated carbocycles. The van der Waals surface area contributed by atoms with Gasteiger partial charge in [0.2, 0.25) is 0 Å². The molecule has 3 aromatic heterocycles. The number of anilines is 1. The maximum absolute atomic E-state index is 4.70. The number of aromatic nitrogens is 4. The molecule has 0 amide bonds. The molecule has 0 aliphatic rings. The van der Waals surface area contributed by atoms with Crippen LogP contribution in [0, 0.1) is 20.8 Å². The Morgan fingerprint density at radius 1 is 1.04 bits per heavy atom. The van der Waals surface area contributed by atoms with Gasteiger partial charge in [-0.3, -0.25) is 0 Å². The lowest BCUT2D eigenvalue weighted by Gasteiger charge is -2.18. The van der Waals surface area contributed by atoms with Gasteiger partial charge in [-0.05, 0) is 45.5 Å². The van der Waals surface area contributed by atoms with Crippen LogP contribution in [0.25, 0.3) is 16.7 Å². The molecule has 0 fully saturated rings. The van der Waals surface area contributed by atoms with Gasteiger partial charge in [0.1, 0.15) is 5.82 Å². The summed E-state index contributed by atoms with van der Waals surface area (Å²) >= 11 is 0. The number of nitrogens with one attached hydrogen (secondary N) is 1. The van der Waals surface area contributed by atoms with Crippen LogP contribution in [-0.4, -0.2) is 50.7 Å². The van der Waals surface area contributed by atoms with Crippen LogP contribution < -0.4 is 5.32 Å². The zero-order chi connectivity index (χ0) is 17.3. The van der Waals surface area contributed by atoms with Crippen molar-refractivity contribution in [1.82, 2.24) is 24.5 Å². The Hall–Kier alpha value is -2.21. The minimum absolute atomic E-state index is 0.761. The summed E-state index contributed by atoms with van der Waals surface area (Å²) in [6, 6.07) is 4.13. The molecule has 0 spiro atoms. The minimum atomic E-state index is 0.761. The first-order valence-electron chi connectivity index (χ1n) is 8.64. The third kappa shape index (κ3) is 3.06. The number of fused-ring (bicyclic) bond motifs is 3. The molecule has 0 aromatic carbocycles. The third-order valence-corrected chi connectivity index (χ3v) is 4.43. The van der Waals surface area contributed by atoms with Crippen LogP contribution in [-0.2, 0) is 0 Å². The SMILES string of the molecule is CCN(CC)CCNc1cc(C)nc2c3c(C)cc(C)nc3nn12. The highest BCUT2D eigenvalue weighted by molar-refractivity contribution is 5.93. The van der Waals surface area contributed by atoms with E-state index in [-0.39, 0.29) is 0 Å². The van der Waals surface area contributed by atoms with Crippen LogP contribution in [0.1, 0.15) is 30.8 Å². The first kappa shape index (κ1) is 16.6. The fraction of sp³-hybridized carbons (Fsp3) is 0.500. The fourth-order valence-corrected chi connectivity index (χ4v) is 3.15. The van der Waals surface area contributed by atoms with E-state index >= 15 is 0 Å². The van der Waals surface area contributed by atoms with Crippen molar-refractivity contribution in [2.24, 2.45) is 0 Å². The predicted molar refractivity (Wildman–Crippen MR) is 98.8 cm³/mol. The standard InChI is InChI=1S/C18H26N6/c1-6-23(7-2)9-8-19-15-11-14(5)21-18-16-12(3)10-13(4)20-17(16)22-24(15)18/h10-11,19H,6-9H2,1-5H3. The lowest BCUT2D eigenvalue weighted by atomic mass is 10.2. The van der Waals surface area contributed by atoms with Gasteiger partial charge in [0.15, 0.2) is 11.3 Å². The van der Waals surface area contributed by atoms with Gasteiger partial charge in [-0.1, -0.05) is 13.8 Å². The summed E-state index contributed by atoms with van der Waals surface area (Å²) in [7, 11) is 0. The first-order valence-corrected chi connectivity index (χ1v) is 8.64. The molecule has 0 aliphatic carbocycles. The van der Waals surface area contributed by atoms with Gasteiger partial charge in [0.05, 0.1) is 5.39 Å². The van der Waals surface area contributed by atoms with Crippen LogP contribution in [0.5, 0.6) is 0 Å². The maximum Gasteiger partial charge on any atom is 0.184 e. The van der Waals surface area contributed by atoms with E-state index in [4.69, 9.17) is 4.98 Å². The van der Waals surface area contributed by atoms with Gasteiger partial charge in [-0.25, -0.2) is 9.97 Å². The Morgan fingerprint density at radius 3 is 2.46 bits per heavy atom. The Morgan fingerprint density at radius 2 is 1.75 bits per heavy atom. The molecule has 0 radical (unpaired) electrons. The molecule has 3 heterocycles. The maximum atomic E-state index is 4.70. The van der Waals surface area contributed by atoms with Gasteiger partial charge in [0, 0.05) is 30.5 Å². The van der Waals surface area contributed by atoms with E-state index in [2.05, 4.69) is 47.1 Å². The summed E-state index contributed by atoms with van der Waals surface area (Å²) in [5, 5.41) is 9.23. The number of rotatable bonds is 6. The van der Waals surface area contributed by atoms with Crippen molar-refractivity contribution in [2.45, 2.75) is 34.6 Å². The molecule has 0 bridgehead atoms. The average molecular weight is 326 g/mol. The van der Waals surface area contributed by atoms with Crippen molar-refractivity contribution in [2.75, 3.05) is 31.5 Å². The second-order valence-electron chi connectivity index (χ2n) is 6.25. The van der Waals surface area contributed by atoms with Crippen LogP contribution in [0.4, 0.5) is 5.82 Å². The highest BCUT2D eigenvalue weighted by atomic mass is 15.3. The Balaban J connectivity index is 2.00. The van der Waals surface area contributed by atoms with Crippen molar-refractivity contribution < 1.29 is 0 Å². The summed E-state index contributed by atoms with van der Waals surface area (Å²) in [6.07, 6.45) is 0. The number of aryl methyl sites for hydroxylation is 3. The molecule has 6 nitrogen and oxygen atoms in total. The zero-order valence-corrected chi connectivity index (χ0v) is 15.2. The quantitative estimate of drug-likeness (QED) is 0.755. The van der Waals surface area contributed by atoms with Crippen LogP contribution in [0.3, 0.4) is 0 Å². The van der Waals surface area contributed by atoms with Crippen molar-refractivity contribution in [3.05, 3.63) is 29.1 Å². The average Bonchev–Trinajstić information content (AvgIpc) is 2.89. The number of hydrogen-bond donors (Lipinski definition) is 1. The number of nitrogens with zero attached hydrogens (tertiary/aromatic N) is 5. The Labute approximate surface area is 142 Å². The van der Waals surface area contributed by atoms with Crippen LogP contribution in [0.2, 0.25) is 0 Å². The van der Waals surface area contributed by atoms with Gasteiger partial charge < -0.3 is 10.2 Å². The highest BCUT2D eigenvalue weighted by Gasteiger charge is 2.14. The zero-order valence-electron chi connectivity index (χ0n) is 15.2. The molecule has 24 heavy (non-hydrogen) atoms. The lowest BCUT2D eigenvalue weighted by Crippen LogP contribution is -2.29. The summed E-state index contributed by atoms with van der Waals surface area (Å²) < 4.78 is 1.89. The second kappa shape index (κ2) is 6.73. The van der Waals surface area contributed by atoms with Crippen molar-refractivity contribution in [3.8, 4) is 0 Å². The highest BCUT2D eigenvalue weighted by Crippen LogP contribution is 2.24. The van der Waals surface area contributed by atoms with E-state index in [1.807, 2.05) is 24.4 Å². The molecule has 1 N–H and O–H groups in total. The van der Waals surface area contributed by atoms with E-state index < -0.39 is 0 Å². The molecule has 0 atom stereocenters. The molecule has 0 unspecified atom stereocenters. The number of hydrogen-bond acceptors (Lipinski definition) is 5. The third-order valence-electron chi connectivity index (χ3n) is 4.43. The fourth-order valence-electron chi connectivity index (χ4n) is 3.15. The predicted octanol–water partition coefficient (Wildman–Crippen LogP) is 2.96. The van der Waals surface area contributed by atoms with E-state index in [1.165, 1.54) is 5.56 Å². The van der Waals surface area contributed by atoms with E-state index in [1.54, 1.807) is 0 Å². The van der Waals surface area contributed by atoms with Gasteiger partial charge in [-0.15, -0.1) is 5.10 Å².